The van der Waals surface area contributed by atoms with Gasteiger partial charge in [-0.25, -0.2) is 0 Å². The van der Waals surface area contributed by atoms with Crippen molar-refractivity contribution in [1.29, 1.82) is 0 Å². The summed E-state index contributed by atoms with van der Waals surface area (Å²) in [7, 11) is 0. The first-order valence-corrected chi connectivity index (χ1v) is 5.30. The maximum atomic E-state index is 3.52. The first-order chi connectivity index (χ1) is 6.86. The average molecular weight is 246 g/mol. The van der Waals surface area contributed by atoms with E-state index < -0.39 is 0 Å². The predicted octanol–water partition coefficient (Wildman–Crippen LogP) is 4.08. The van der Waals surface area contributed by atoms with Crippen LogP contribution in [-0.2, 0) is 0 Å². The van der Waals surface area contributed by atoms with Crippen LogP contribution in [0.5, 0.6) is 0 Å². The van der Waals surface area contributed by atoms with Crippen LogP contribution in [0.3, 0.4) is 0 Å². The molecule has 0 aliphatic rings. The lowest BCUT2D eigenvalue weighted by Crippen LogP contribution is -1.74. The fourth-order valence-electron chi connectivity index (χ4n) is 1.84. The molecule has 0 bridgehead atoms. The largest absolute Gasteiger partial charge is 0.360 e. The highest BCUT2D eigenvalue weighted by Gasteiger charge is 2.03. The second-order valence-corrected chi connectivity index (χ2v) is 4.20. The number of halogens is 1. The van der Waals surface area contributed by atoms with Gasteiger partial charge in [0.25, 0.3) is 0 Å². The van der Waals surface area contributed by atoms with E-state index >= 15 is 0 Å². The number of aromatic nitrogens is 1. The molecule has 0 unspecified atom stereocenters. The van der Waals surface area contributed by atoms with Gasteiger partial charge in [-0.15, -0.1) is 0 Å². The molecule has 0 saturated heterocycles. The van der Waals surface area contributed by atoms with Gasteiger partial charge in [-0.05, 0) is 21.3 Å². The first kappa shape index (κ1) is 8.06. The standard InChI is InChI=1S/C12H8BrN/c13-11-7-14-12-9-4-2-1-3-8(9)5-6-10(11)12/h1-7,14H. The zero-order valence-electron chi connectivity index (χ0n) is 7.42. The number of hydrogen-bond donors (Lipinski definition) is 1. The van der Waals surface area contributed by atoms with Crippen molar-refractivity contribution in [3.05, 3.63) is 47.1 Å². The SMILES string of the molecule is Brc1c[nH]c2c1ccc1ccccc12. The molecule has 3 aromatic rings. The van der Waals surface area contributed by atoms with Gasteiger partial charge in [0.05, 0.1) is 5.52 Å². The quantitative estimate of drug-likeness (QED) is 0.615. The second kappa shape index (κ2) is 2.85. The third kappa shape index (κ3) is 1.01. The molecule has 1 aromatic heterocycles. The van der Waals surface area contributed by atoms with Crippen molar-refractivity contribution in [3.63, 3.8) is 0 Å². The normalized spacial score (nSPS) is 11.2. The van der Waals surface area contributed by atoms with E-state index in [1.807, 2.05) is 6.20 Å². The summed E-state index contributed by atoms with van der Waals surface area (Å²) in [5, 5.41) is 3.79. The first-order valence-electron chi connectivity index (χ1n) is 4.50. The van der Waals surface area contributed by atoms with E-state index in [0.29, 0.717) is 0 Å². The minimum Gasteiger partial charge on any atom is -0.360 e. The predicted molar refractivity (Wildman–Crippen MR) is 63.5 cm³/mol. The molecule has 2 heteroatoms. The van der Waals surface area contributed by atoms with Crippen molar-refractivity contribution in [3.8, 4) is 0 Å². The van der Waals surface area contributed by atoms with Crippen molar-refractivity contribution < 1.29 is 0 Å². The van der Waals surface area contributed by atoms with Gasteiger partial charge in [0.15, 0.2) is 0 Å². The van der Waals surface area contributed by atoms with Crippen LogP contribution in [0.2, 0.25) is 0 Å². The van der Waals surface area contributed by atoms with E-state index in [9.17, 15) is 0 Å². The minimum atomic E-state index is 1.12. The fourth-order valence-corrected chi connectivity index (χ4v) is 2.28. The van der Waals surface area contributed by atoms with Crippen LogP contribution < -0.4 is 0 Å². The number of nitrogens with one attached hydrogen (secondary N) is 1. The number of fused-ring (bicyclic) bond motifs is 3. The van der Waals surface area contributed by atoms with Crippen molar-refractivity contribution in [2.75, 3.05) is 0 Å². The number of benzene rings is 2. The lowest BCUT2D eigenvalue weighted by molar-refractivity contribution is 1.48. The van der Waals surface area contributed by atoms with Crippen LogP contribution in [0.15, 0.2) is 47.1 Å². The Morgan fingerprint density at radius 2 is 1.79 bits per heavy atom. The van der Waals surface area contributed by atoms with E-state index in [1.165, 1.54) is 21.7 Å². The summed E-state index contributed by atoms with van der Waals surface area (Å²) in [6.07, 6.45) is 1.98. The highest BCUT2D eigenvalue weighted by atomic mass is 79.9. The number of hydrogen-bond acceptors (Lipinski definition) is 0. The molecule has 1 N–H and O–H groups in total. The lowest BCUT2D eigenvalue weighted by Gasteiger charge is -1.98. The Morgan fingerprint density at radius 3 is 2.71 bits per heavy atom. The summed E-state index contributed by atoms with van der Waals surface area (Å²) in [4.78, 5) is 3.28. The Hall–Kier alpha value is -1.28. The van der Waals surface area contributed by atoms with Crippen molar-refractivity contribution in [2.24, 2.45) is 0 Å². The van der Waals surface area contributed by atoms with Gasteiger partial charge < -0.3 is 4.98 Å². The van der Waals surface area contributed by atoms with Gasteiger partial charge in [-0.3, -0.25) is 0 Å². The van der Waals surface area contributed by atoms with E-state index in [1.54, 1.807) is 0 Å². The van der Waals surface area contributed by atoms with Gasteiger partial charge in [-0.2, -0.15) is 0 Å². The Kier molecular flexibility index (Phi) is 1.64. The molecule has 0 fully saturated rings. The van der Waals surface area contributed by atoms with Gasteiger partial charge >= 0.3 is 0 Å². The molecule has 3 rings (SSSR count). The van der Waals surface area contributed by atoms with E-state index in [-0.39, 0.29) is 0 Å². The lowest BCUT2D eigenvalue weighted by atomic mass is 10.1. The minimum absolute atomic E-state index is 1.12. The van der Waals surface area contributed by atoms with Crippen molar-refractivity contribution >= 4 is 37.6 Å². The summed E-state index contributed by atoms with van der Waals surface area (Å²) in [5.41, 5.74) is 1.20. The van der Waals surface area contributed by atoms with Crippen molar-refractivity contribution in [2.45, 2.75) is 0 Å². The molecule has 2 aromatic carbocycles. The van der Waals surface area contributed by atoms with Crippen LogP contribution in [0.1, 0.15) is 0 Å². The smallest absolute Gasteiger partial charge is 0.0545 e. The molecule has 0 aliphatic carbocycles. The molecule has 0 amide bonds. The number of rotatable bonds is 0. The Labute approximate surface area is 89.9 Å². The maximum Gasteiger partial charge on any atom is 0.0545 e. The maximum absolute atomic E-state index is 3.52. The van der Waals surface area contributed by atoms with E-state index in [2.05, 4.69) is 57.3 Å². The topological polar surface area (TPSA) is 15.8 Å². The van der Waals surface area contributed by atoms with Gasteiger partial charge in [0.1, 0.15) is 0 Å². The molecule has 0 radical (unpaired) electrons. The van der Waals surface area contributed by atoms with Crippen molar-refractivity contribution in [1.82, 2.24) is 4.98 Å². The van der Waals surface area contributed by atoms with E-state index in [4.69, 9.17) is 0 Å². The summed E-state index contributed by atoms with van der Waals surface area (Å²) in [6.45, 7) is 0. The molecule has 1 nitrogen and oxygen atoms in total. The van der Waals surface area contributed by atoms with Crippen LogP contribution >= 0.6 is 15.9 Å². The summed E-state index contributed by atoms with van der Waals surface area (Å²) in [5.74, 6) is 0. The van der Waals surface area contributed by atoms with Crippen LogP contribution in [-0.4, -0.2) is 4.98 Å². The van der Waals surface area contributed by atoms with Gasteiger partial charge in [0.2, 0.25) is 0 Å². The third-order valence-electron chi connectivity index (χ3n) is 2.53. The molecule has 1 heterocycles. The van der Waals surface area contributed by atoms with E-state index in [0.717, 1.165) is 4.47 Å². The Balaban J connectivity index is 2.61. The van der Waals surface area contributed by atoms with Crippen LogP contribution in [0.25, 0.3) is 21.7 Å². The molecular weight excluding hydrogens is 238 g/mol. The van der Waals surface area contributed by atoms with Crippen LogP contribution in [0, 0.1) is 0 Å². The van der Waals surface area contributed by atoms with Gasteiger partial charge in [-0.1, -0.05) is 36.4 Å². The Morgan fingerprint density at radius 1 is 0.929 bits per heavy atom. The Bertz CT molecular complexity index is 610. The second-order valence-electron chi connectivity index (χ2n) is 3.35. The number of aromatic amines is 1. The highest BCUT2D eigenvalue weighted by Crippen LogP contribution is 2.29. The molecule has 68 valence electrons. The fraction of sp³-hybridized carbons (Fsp3) is 0. The molecule has 0 atom stereocenters. The molecule has 14 heavy (non-hydrogen) atoms. The zero-order chi connectivity index (χ0) is 9.54. The average Bonchev–Trinajstić information content (AvgIpc) is 2.61. The molecule has 0 spiro atoms. The highest BCUT2D eigenvalue weighted by molar-refractivity contribution is 9.10. The van der Waals surface area contributed by atoms with Crippen LogP contribution in [0.4, 0.5) is 0 Å². The van der Waals surface area contributed by atoms with Gasteiger partial charge in [0, 0.05) is 21.4 Å². The monoisotopic (exact) mass is 245 g/mol. The number of H-pyrrole nitrogens is 1. The molecule has 0 aliphatic heterocycles. The zero-order valence-corrected chi connectivity index (χ0v) is 9.01. The molecular formula is C12H8BrN. The summed E-state index contributed by atoms with van der Waals surface area (Å²) in [6, 6.07) is 12.7. The summed E-state index contributed by atoms with van der Waals surface area (Å²) >= 11 is 3.52. The molecule has 0 saturated carbocycles. The third-order valence-corrected chi connectivity index (χ3v) is 3.19. The summed E-state index contributed by atoms with van der Waals surface area (Å²) < 4.78 is 1.12.